The topological polar surface area (TPSA) is 216 Å². The summed E-state index contributed by atoms with van der Waals surface area (Å²) in [6.45, 7) is 4.37. The van der Waals surface area contributed by atoms with Crippen LogP contribution < -0.4 is 16.0 Å². The minimum atomic E-state index is -0.947. The Bertz CT molecular complexity index is 2420. The summed E-state index contributed by atoms with van der Waals surface area (Å²) in [5.74, 6) is -3.96. The van der Waals surface area contributed by atoms with Gasteiger partial charge >= 0.3 is 0 Å². The second-order valence-corrected chi connectivity index (χ2v) is 13.7. The molecular formula is C45H41N5O8. The number of rotatable bonds is 16. The van der Waals surface area contributed by atoms with Crippen molar-refractivity contribution in [3.8, 4) is 17.6 Å². The number of benzene rings is 4. The maximum absolute atomic E-state index is 13.2. The predicted octanol–water partition coefficient (Wildman–Crippen LogP) is 7.30. The van der Waals surface area contributed by atoms with Crippen LogP contribution in [0.15, 0.2) is 97.2 Å². The van der Waals surface area contributed by atoms with Crippen LogP contribution in [-0.4, -0.2) is 50.3 Å². The molecule has 0 aliphatic heterocycles. The number of carbonyl (C=O) groups excluding carboxylic acids is 6. The quantitative estimate of drug-likeness (QED) is 0.0630. The third-order valence-electron chi connectivity index (χ3n) is 9.60. The molecule has 0 fully saturated rings. The molecule has 0 aliphatic rings. The first kappa shape index (κ1) is 41.7. The van der Waals surface area contributed by atoms with E-state index in [-0.39, 0.29) is 87.3 Å². The van der Waals surface area contributed by atoms with Crippen LogP contribution in [0.4, 0.5) is 17.1 Å². The largest absolute Gasteiger partial charge is 0.507 e. The number of anilines is 3. The van der Waals surface area contributed by atoms with Crippen LogP contribution in [0.25, 0.3) is 0 Å². The molecule has 1 unspecified atom stereocenters. The lowest BCUT2D eigenvalue weighted by Gasteiger charge is -2.15. The highest BCUT2D eigenvalue weighted by Gasteiger charge is 2.24. The molecule has 5 N–H and O–H groups in total. The second kappa shape index (κ2) is 18.9. The highest BCUT2D eigenvalue weighted by atomic mass is 16.3. The molecule has 0 saturated carbocycles. The number of nitrogens with one attached hydrogen (secondary N) is 3. The van der Waals surface area contributed by atoms with Crippen molar-refractivity contribution in [3.63, 3.8) is 0 Å². The van der Waals surface area contributed by atoms with Crippen LogP contribution in [0.1, 0.15) is 90.0 Å². The summed E-state index contributed by atoms with van der Waals surface area (Å²) < 4.78 is 0. The van der Waals surface area contributed by atoms with Gasteiger partial charge in [0.25, 0.3) is 11.8 Å². The number of nitrogens with zero attached hydrogens (tertiary/aromatic N) is 2. The summed E-state index contributed by atoms with van der Waals surface area (Å²) in [5.41, 5.74) is 3.50. The molecule has 294 valence electrons. The maximum Gasteiger partial charge on any atom is 0.259 e. The van der Waals surface area contributed by atoms with Crippen LogP contribution in [-0.2, 0) is 22.4 Å². The van der Waals surface area contributed by atoms with E-state index in [2.05, 4.69) is 20.9 Å². The second-order valence-electron chi connectivity index (χ2n) is 13.7. The number of aryl methyl sites for hydroxylation is 1. The smallest absolute Gasteiger partial charge is 0.259 e. The molecule has 3 amide bonds. The Morgan fingerprint density at radius 1 is 0.724 bits per heavy atom. The molecule has 0 aliphatic carbocycles. The molecule has 0 saturated heterocycles. The Morgan fingerprint density at radius 2 is 1.33 bits per heavy atom. The van der Waals surface area contributed by atoms with E-state index in [9.17, 15) is 44.2 Å². The number of carbonyl (C=O) groups is 6. The zero-order valence-electron chi connectivity index (χ0n) is 32.1. The van der Waals surface area contributed by atoms with Gasteiger partial charge in [-0.15, -0.1) is 0 Å². The van der Waals surface area contributed by atoms with Gasteiger partial charge in [-0.25, -0.2) is 0 Å². The van der Waals surface area contributed by atoms with Crippen molar-refractivity contribution in [3.05, 3.63) is 142 Å². The van der Waals surface area contributed by atoms with E-state index in [1.165, 1.54) is 69.3 Å². The number of phenols is 2. The van der Waals surface area contributed by atoms with Crippen molar-refractivity contribution in [1.82, 2.24) is 4.98 Å². The number of nitriles is 1. The molecule has 5 rings (SSSR count). The number of hydrogen-bond donors (Lipinski definition) is 5. The van der Waals surface area contributed by atoms with Gasteiger partial charge in [-0.05, 0) is 93.4 Å². The third kappa shape index (κ3) is 10.4. The van der Waals surface area contributed by atoms with Crippen molar-refractivity contribution in [1.29, 1.82) is 5.26 Å². The van der Waals surface area contributed by atoms with Gasteiger partial charge in [0, 0.05) is 76.9 Å². The summed E-state index contributed by atoms with van der Waals surface area (Å²) in [4.78, 5) is 80.9. The van der Waals surface area contributed by atoms with Crippen molar-refractivity contribution in [2.24, 2.45) is 5.92 Å². The van der Waals surface area contributed by atoms with Gasteiger partial charge in [0.1, 0.15) is 17.3 Å². The minimum absolute atomic E-state index is 0.0450. The lowest BCUT2D eigenvalue weighted by Crippen LogP contribution is -2.25. The van der Waals surface area contributed by atoms with Gasteiger partial charge in [0.05, 0.1) is 23.1 Å². The average molecular weight is 780 g/mol. The standard InChI is InChI=1S/C45H41N5O8/c1-26-39(19-17-36(28(3)51)41(26)54)50-45(58)37-18-20-38(27(2)42(37)55)49-43(56)31-11-13-34(14-12-31)48-44(57)32(21-22-46)25-40(53)30-9-7-29(8-10-30)24-35(52)16-15-33-6-4-5-23-47-33/h4-14,17-20,23,32,54-55H,15-16,21,24-25H2,1-3H3,(H,48,57)(H,49,56)(H,50,58). The molecule has 1 heterocycles. The van der Waals surface area contributed by atoms with Gasteiger partial charge in [0.2, 0.25) is 5.91 Å². The average Bonchev–Trinajstić information content (AvgIpc) is 3.21. The fraction of sp³-hybridized carbons (Fsp3) is 0.200. The number of pyridine rings is 1. The van der Waals surface area contributed by atoms with E-state index in [1.54, 1.807) is 30.5 Å². The molecule has 0 radical (unpaired) electrons. The van der Waals surface area contributed by atoms with Gasteiger partial charge in [-0.3, -0.25) is 33.8 Å². The normalized spacial score (nSPS) is 11.1. The van der Waals surface area contributed by atoms with Gasteiger partial charge in [0.15, 0.2) is 11.6 Å². The van der Waals surface area contributed by atoms with E-state index < -0.39 is 23.6 Å². The van der Waals surface area contributed by atoms with Crippen molar-refractivity contribution >= 4 is 52.1 Å². The van der Waals surface area contributed by atoms with E-state index in [4.69, 9.17) is 0 Å². The fourth-order valence-corrected chi connectivity index (χ4v) is 6.12. The Morgan fingerprint density at radius 3 is 1.93 bits per heavy atom. The number of phenolic OH excluding ortho intramolecular Hbond substituents is 2. The van der Waals surface area contributed by atoms with Crippen LogP contribution in [0.5, 0.6) is 11.5 Å². The molecule has 1 atom stereocenters. The number of ketones is 3. The summed E-state index contributed by atoms with van der Waals surface area (Å²) in [5, 5.41) is 38.6. The van der Waals surface area contributed by atoms with E-state index in [1.807, 2.05) is 24.3 Å². The zero-order chi connectivity index (χ0) is 41.9. The lowest BCUT2D eigenvalue weighted by molar-refractivity contribution is -0.120. The number of Topliss-reactive ketones (excluding diaryl/α,β-unsaturated/α-hetero) is 3. The highest BCUT2D eigenvalue weighted by molar-refractivity contribution is 6.09. The van der Waals surface area contributed by atoms with Gasteiger partial charge < -0.3 is 26.2 Å². The number of aromatic nitrogens is 1. The SMILES string of the molecule is CC(=O)c1ccc(NC(=O)c2ccc(NC(=O)c3ccc(NC(=O)C(CC#N)CC(=O)c4ccc(CC(=O)CCc5ccccn5)cc4)cc3)c(C)c2O)c(C)c1O. The zero-order valence-corrected chi connectivity index (χ0v) is 32.1. The van der Waals surface area contributed by atoms with Crippen molar-refractivity contribution in [2.45, 2.75) is 52.9 Å². The molecule has 58 heavy (non-hydrogen) atoms. The summed E-state index contributed by atoms with van der Waals surface area (Å²) >= 11 is 0. The van der Waals surface area contributed by atoms with Gasteiger partial charge in [-0.1, -0.05) is 30.3 Å². The van der Waals surface area contributed by atoms with E-state index >= 15 is 0 Å². The number of amides is 3. The van der Waals surface area contributed by atoms with Crippen molar-refractivity contribution in [2.75, 3.05) is 16.0 Å². The molecule has 1 aromatic heterocycles. The van der Waals surface area contributed by atoms with Crippen LogP contribution in [0.2, 0.25) is 0 Å². The third-order valence-corrected chi connectivity index (χ3v) is 9.60. The monoisotopic (exact) mass is 779 g/mol. The van der Waals surface area contributed by atoms with Crippen LogP contribution >= 0.6 is 0 Å². The molecule has 13 heteroatoms. The molecule has 0 bridgehead atoms. The highest BCUT2D eigenvalue weighted by Crippen LogP contribution is 2.33. The summed E-state index contributed by atoms with van der Waals surface area (Å²) in [6, 6.07) is 25.7. The van der Waals surface area contributed by atoms with E-state index in [0.29, 0.717) is 24.1 Å². The molecular weight excluding hydrogens is 739 g/mol. The van der Waals surface area contributed by atoms with Crippen LogP contribution in [0, 0.1) is 31.1 Å². The Balaban J connectivity index is 1.15. The maximum atomic E-state index is 13.2. The summed E-state index contributed by atoms with van der Waals surface area (Å²) in [7, 11) is 0. The lowest BCUT2D eigenvalue weighted by atomic mass is 9.94. The van der Waals surface area contributed by atoms with Crippen molar-refractivity contribution < 1.29 is 39.0 Å². The molecule has 0 spiro atoms. The first-order chi connectivity index (χ1) is 27.7. The fourth-order valence-electron chi connectivity index (χ4n) is 6.12. The predicted molar refractivity (Wildman–Crippen MR) is 217 cm³/mol. The molecule has 13 nitrogen and oxygen atoms in total. The Kier molecular flexibility index (Phi) is 13.6. The Labute approximate surface area is 334 Å². The number of hydrogen-bond acceptors (Lipinski definition) is 10. The minimum Gasteiger partial charge on any atom is -0.507 e. The Hall–Kier alpha value is -7.46. The first-order valence-electron chi connectivity index (χ1n) is 18.4. The van der Waals surface area contributed by atoms with E-state index in [0.717, 1.165) is 11.3 Å². The first-order valence-corrected chi connectivity index (χ1v) is 18.4. The van der Waals surface area contributed by atoms with Gasteiger partial charge in [-0.2, -0.15) is 5.26 Å². The summed E-state index contributed by atoms with van der Waals surface area (Å²) in [6.07, 6.45) is 2.37. The van der Waals surface area contributed by atoms with Crippen LogP contribution in [0.3, 0.4) is 0 Å². The molecule has 5 aromatic rings. The molecule has 4 aromatic carbocycles. The number of aromatic hydroxyl groups is 2.